The van der Waals surface area contributed by atoms with E-state index in [0.717, 1.165) is 5.56 Å². The molecule has 0 aliphatic carbocycles. The van der Waals surface area contributed by atoms with E-state index in [4.69, 9.17) is 11.6 Å². The van der Waals surface area contributed by atoms with Crippen molar-refractivity contribution >= 4 is 57.9 Å². The molecule has 1 N–H and O–H groups in total. The number of fused-ring (bicyclic) bond motifs is 6. The van der Waals surface area contributed by atoms with Crippen molar-refractivity contribution in [3.05, 3.63) is 123 Å². The van der Waals surface area contributed by atoms with E-state index >= 15 is 0 Å². The molecule has 1 saturated heterocycles. The van der Waals surface area contributed by atoms with Crippen LogP contribution >= 0.6 is 22.9 Å². The molecule has 4 heterocycles. The molecule has 3 aliphatic rings. The number of nitrogens with one attached hydrogen (secondary N) is 1. The first-order valence-electron chi connectivity index (χ1n) is 12.5. The summed E-state index contributed by atoms with van der Waals surface area (Å²) in [6, 6.07) is 19.8. The van der Waals surface area contributed by atoms with E-state index in [-0.39, 0.29) is 17.3 Å². The molecular formula is C31H20ClFN2O3S. The molecule has 5 nitrogen and oxygen atoms in total. The summed E-state index contributed by atoms with van der Waals surface area (Å²) in [5.41, 5.74) is 1.61. The summed E-state index contributed by atoms with van der Waals surface area (Å²) in [5, 5.41) is 5.34. The molecule has 1 amide bonds. The third-order valence-corrected chi connectivity index (χ3v) is 9.16. The third-order valence-electron chi connectivity index (χ3n) is 8.04. The van der Waals surface area contributed by atoms with Crippen molar-refractivity contribution in [1.82, 2.24) is 0 Å². The zero-order chi connectivity index (χ0) is 26.9. The first kappa shape index (κ1) is 24.0. The van der Waals surface area contributed by atoms with E-state index in [1.54, 1.807) is 30.3 Å². The van der Waals surface area contributed by atoms with Gasteiger partial charge in [-0.15, -0.1) is 11.3 Å². The van der Waals surface area contributed by atoms with Crippen molar-refractivity contribution in [2.24, 2.45) is 5.92 Å². The Balaban J connectivity index is 1.54. The smallest absolute Gasteiger partial charge is 0.238 e. The van der Waals surface area contributed by atoms with Crippen molar-refractivity contribution in [1.29, 1.82) is 0 Å². The van der Waals surface area contributed by atoms with Gasteiger partial charge in [0.25, 0.3) is 0 Å². The molecule has 8 heteroatoms. The predicted molar refractivity (Wildman–Crippen MR) is 150 cm³/mol. The van der Waals surface area contributed by atoms with E-state index in [1.165, 1.54) is 35.6 Å². The van der Waals surface area contributed by atoms with Gasteiger partial charge in [-0.1, -0.05) is 48.0 Å². The molecule has 1 fully saturated rings. The van der Waals surface area contributed by atoms with E-state index in [9.17, 15) is 18.8 Å². The lowest BCUT2D eigenvalue weighted by molar-refractivity contribution is -0.121. The first-order valence-corrected chi connectivity index (χ1v) is 13.7. The van der Waals surface area contributed by atoms with E-state index in [2.05, 4.69) is 5.32 Å². The number of ketones is 2. The van der Waals surface area contributed by atoms with Crippen LogP contribution in [0.15, 0.2) is 90.3 Å². The molecule has 1 aromatic heterocycles. The van der Waals surface area contributed by atoms with Crippen molar-refractivity contribution in [2.45, 2.75) is 17.5 Å². The van der Waals surface area contributed by atoms with Gasteiger partial charge in [0.05, 0.1) is 16.8 Å². The van der Waals surface area contributed by atoms with Crippen LogP contribution in [0, 0.1) is 11.7 Å². The van der Waals surface area contributed by atoms with Crippen LogP contribution in [-0.2, 0) is 10.2 Å². The molecule has 0 bridgehead atoms. The molecule has 39 heavy (non-hydrogen) atoms. The fourth-order valence-electron chi connectivity index (χ4n) is 6.51. The molecule has 4 aromatic rings. The number of para-hydroxylation sites is 1. The highest BCUT2D eigenvalue weighted by Crippen LogP contribution is 2.58. The molecule has 0 saturated carbocycles. The Labute approximate surface area is 232 Å². The Hall–Kier alpha value is -4.07. The quantitative estimate of drug-likeness (QED) is 0.297. The van der Waals surface area contributed by atoms with Gasteiger partial charge in [0.2, 0.25) is 5.91 Å². The fourth-order valence-corrected chi connectivity index (χ4v) is 7.39. The molecule has 4 atom stereocenters. The SMILES string of the molecule is O=C(c1cccs1)[C@@H]1[C@@H](C(=O)c2ccc(F)cc2)[C@]2(C(=O)Nc3ccccc32)[C@H]2C=Cc3cc(Cl)ccc3N12. The Morgan fingerprint density at radius 1 is 0.974 bits per heavy atom. The van der Waals surface area contributed by atoms with Crippen LogP contribution in [0.25, 0.3) is 6.08 Å². The standard InChI is InChI=1S/C31H20ClFN2O3S/c32-19-10-13-23-18(16-19)9-14-25-31(21-4-1-2-5-22(21)34-30(31)38)26(28(36)17-7-11-20(33)12-8-17)27(35(23)25)29(37)24-6-3-15-39-24/h1-16,25-27H,(H,34,38)/t25-,26+,27+,31-/m1/s1. The van der Waals surface area contributed by atoms with Crippen LogP contribution in [0.3, 0.4) is 0 Å². The van der Waals surface area contributed by atoms with Crippen molar-refractivity contribution in [3.63, 3.8) is 0 Å². The topological polar surface area (TPSA) is 66.5 Å². The van der Waals surface area contributed by atoms with Gasteiger partial charge in [-0.25, -0.2) is 4.39 Å². The van der Waals surface area contributed by atoms with E-state index < -0.39 is 35.0 Å². The highest BCUT2D eigenvalue weighted by Gasteiger charge is 2.70. The number of Topliss-reactive ketones (excluding diaryl/α,β-unsaturated/α-hetero) is 2. The number of hydrogen-bond acceptors (Lipinski definition) is 5. The average molecular weight is 555 g/mol. The van der Waals surface area contributed by atoms with Crippen LogP contribution in [0.1, 0.15) is 31.2 Å². The number of benzene rings is 3. The number of nitrogens with zero attached hydrogens (tertiary/aromatic N) is 1. The van der Waals surface area contributed by atoms with Gasteiger partial charge in [-0.3, -0.25) is 14.4 Å². The van der Waals surface area contributed by atoms with Gasteiger partial charge in [-0.05, 0) is 71.1 Å². The van der Waals surface area contributed by atoms with Crippen molar-refractivity contribution in [3.8, 4) is 0 Å². The van der Waals surface area contributed by atoms with Gasteiger partial charge < -0.3 is 10.2 Å². The first-order chi connectivity index (χ1) is 18.9. The maximum atomic E-state index is 14.5. The Morgan fingerprint density at radius 2 is 1.77 bits per heavy atom. The number of thiophene rings is 1. The minimum absolute atomic E-state index is 0.238. The Kier molecular flexibility index (Phi) is 5.37. The second kappa shape index (κ2) is 8.73. The third kappa shape index (κ3) is 3.33. The van der Waals surface area contributed by atoms with Gasteiger partial charge in [0.1, 0.15) is 17.3 Å². The Morgan fingerprint density at radius 3 is 2.54 bits per heavy atom. The molecular weight excluding hydrogens is 535 g/mol. The minimum Gasteiger partial charge on any atom is -0.352 e. The fraction of sp³-hybridized carbons (Fsp3) is 0.129. The lowest BCUT2D eigenvalue weighted by Gasteiger charge is -2.37. The lowest BCUT2D eigenvalue weighted by atomic mass is 9.64. The highest BCUT2D eigenvalue weighted by atomic mass is 35.5. The van der Waals surface area contributed by atoms with Crippen LogP contribution in [-0.4, -0.2) is 29.6 Å². The average Bonchev–Trinajstić information content (AvgIpc) is 3.65. The minimum atomic E-state index is -1.41. The van der Waals surface area contributed by atoms with Crippen LogP contribution in [0.5, 0.6) is 0 Å². The normalized spacial score (nSPS) is 24.3. The number of anilines is 2. The van der Waals surface area contributed by atoms with Crippen LogP contribution < -0.4 is 10.2 Å². The summed E-state index contributed by atoms with van der Waals surface area (Å²) in [4.78, 5) is 45.5. The molecule has 3 aliphatic heterocycles. The summed E-state index contributed by atoms with van der Waals surface area (Å²) in [6.07, 6.45) is 3.79. The lowest BCUT2D eigenvalue weighted by Crippen LogP contribution is -2.51. The number of hydrogen-bond donors (Lipinski definition) is 1. The largest absolute Gasteiger partial charge is 0.352 e. The summed E-state index contributed by atoms with van der Waals surface area (Å²) < 4.78 is 13.9. The molecule has 3 aromatic carbocycles. The van der Waals surface area contributed by atoms with Crippen molar-refractivity contribution in [2.75, 3.05) is 10.2 Å². The second-order valence-electron chi connectivity index (χ2n) is 9.92. The number of rotatable bonds is 4. The molecule has 1 spiro atoms. The Bertz CT molecular complexity index is 1700. The van der Waals surface area contributed by atoms with Gasteiger partial charge in [-0.2, -0.15) is 0 Å². The van der Waals surface area contributed by atoms with E-state index in [1.807, 2.05) is 46.7 Å². The molecule has 0 unspecified atom stereocenters. The number of halogens is 2. The van der Waals surface area contributed by atoms with Crippen LogP contribution in [0.4, 0.5) is 15.8 Å². The predicted octanol–water partition coefficient (Wildman–Crippen LogP) is 6.40. The molecule has 7 rings (SSSR count). The summed E-state index contributed by atoms with van der Waals surface area (Å²) in [7, 11) is 0. The summed E-state index contributed by atoms with van der Waals surface area (Å²) in [6.45, 7) is 0. The zero-order valence-corrected chi connectivity index (χ0v) is 21.9. The number of carbonyl (C=O) groups is 3. The van der Waals surface area contributed by atoms with Gasteiger partial charge in [0.15, 0.2) is 11.6 Å². The summed E-state index contributed by atoms with van der Waals surface area (Å²) >= 11 is 7.61. The highest BCUT2D eigenvalue weighted by molar-refractivity contribution is 7.12. The van der Waals surface area contributed by atoms with Crippen LogP contribution in [0.2, 0.25) is 5.02 Å². The maximum absolute atomic E-state index is 14.5. The van der Waals surface area contributed by atoms with Crippen molar-refractivity contribution < 1.29 is 18.8 Å². The van der Waals surface area contributed by atoms with Gasteiger partial charge >= 0.3 is 0 Å². The summed E-state index contributed by atoms with van der Waals surface area (Å²) in [5.74, 6) is -2.56. The number of amides is 1. The van der Waals surface area contributed by atoms with E-state index in [0.29, 0.717) is 26.8 Å². The van der Waals surface area contributed by atoms with Gasteiger partial charge in [0, 0.05) is 22.0 Å². The molecule has 0 radical (unpaired) electrons. The zero-order valence-electron chi connectivity index (χ0n) is 20.3. The monoisotopic (exact) mass is 554 g/mol. The maximum Gasteiger partial charge on any atom is 0.238 e. The second-order valence-corrected chi connectivity index (χ2v) is 11.3. The number of carbonyl (C=O) groups excluding carboxylic acids is 3. The molecule has 192 valence electrons.